The number of halogens is 1. The van der Waals surface area contributed by atoms with E-state index in [-0.39, 0.29) is 36.4 Å². The molecule has 6 nitrogen and oxygen atoms in total. The van der Waals surface area contributed by atoms with Crippen molar-refractivity contribution in [3.8, 4) is 0 Å². The van der Waals surface area contributed by atoms with Crippen LogP contribution in [0.4, 0.5) is 9.18 Å². The Bertz CT molecular complexity index is 956. The molecule has 29 heavy (non-hydrogen) atoms. The average molecular weight is 420 g/mol. The first-order valence-corrected chi connectivity index (χ1v) is 11.0. The van der Waals surface area contributed by atoms with Crippen molar-refractivity contribution in [2.45, 2.75) is 24.2 Å². The van der Waals surface area contributed by atoms with E-state index < -0.39 is 15.4 Å². The standard InChI is InChI=1S/C21H26FN3O3S/c1-21(2,18-10-6-7-11-19(18)22)16-23-20(26)24-12-14-25(15-13-24)29(27,28)17-8-4-3-5-9-17/h3-11H,12-16H2,1-2H3,(H,23,26). The van der Waals surface area contributed by atoms with Crippen molar-refractivity contribution in [3.05, 3.63) is 66.0 Å². The first kappa shape index (κ1) is 21.3. The van der Waals surface area contributed by atoms with Gasteiger partial charge in [0, 0.05) is 38.1 Å². The fraction of sp³-hybridized carbons (Fsp3) is 0.381. The Morgan fingerprint density at radius 3 is 2.21 bits per heavy atom. The Kier molecular flexibility index (Phi) is 6.24. The second-order valence-corrected chi connectivity index (χ2v) is 9.66. The number of hydrogen-bond acceptors (Lipinski definition) is 3. The predicted octanol–water partition coefficient (Wildman–Crippen LogP) is 2.82. The molecule has 0 aliphatic carbocycles. The number of nitrogens with one attached hydrogen (secondary N) is 1. The Morgan fingerprint density at radius 2 is 1.59 bits per heavy atom. The van der Waals surface area contributed by atoms with Crippen molar-refractivity contribution >= 4 is 16.1 Å². The number of piperazine rings is 1. The molecule has 0 unspecified atom stereocenters. The summed E-state index contributed by atoms with van der Waals surface area (Å²) in [7, 11) is -3.55. The van der Waals surface area contributed by atoms with Gasteiger partial charge in [-0.3, -0.25) is 0 Å². The fourth-order valence-corrected chi connectivity index (χ4v) is 4.83. The van der Waals surface area contributed by atoms with E-state index in [9.17, 15) is 17.6 Å². The summed E-state index contributed by atoms with van der Waals surface area (Å²) in [6.45, 7) is 5.10. The van der Waals surface area contributed by atoms with E-state index in [0.717, 1.165) is 0 Å². The number of hydrogen-bond donors (Lipinski definition) is 1. The molecule has 156 valence electrons. The molecule has 0 atom stereocenters. The Labute approximate surface area is 171 Å². The van der Waals surface area contributed by atoms with Crippen LogP contribution in [0.25, 0.3) is 0 Å². The Balaban J connectivity index is 1.56. The zero-order chi connectivity index (χ0) is 21.1. The molecule has 1 N–H and O–H groups in total. The molecule has 2 aromatic rings. The summed E-state index contributed by atoms with van der Waals surface area (Å²) in [6, 6.07) is 14.5. The smallest absolute Gasteiger partial charge is 0.317 e. The van der Waals surface area contributed by atoms with Crippen LogP contribution in [0.15, 0.2) is 59.5 Å². The average Bonchev–Trinajstić information content (AvgIpc) is 2.73. The summed E-state index contributed by atoms with van der Waals surface area (Å²) in [5, 5.41) is 2.86. The van der Waals surface area contributed by atoms with Crippen molar-refractivity contribution in [2.24, 2.45) is 0 Å². The highest BCUT2D eigenvalue weighted by Crippen LogP contribution is 2.25. The molecule has 0 radical (unpaired) electrons. The van der Waals surface area contributed by atoms with Crippen LogP contribution in [0, 0.1) is 5.82 Å². The summed E-state index contributed by atoms with van der Waals surface area (Å²) < 4.78 is 40.8. The summed E-state index contributed by atoms with van der Waals surface area (Å²) in [5.74, 6) is -0.300. The van der Waals surface area contributed by atoms with E-state index in [0.29, 0.717) is 18.7 Å². The number of urea groups is 1. The van der Waals surface area contributed by atoms with Gasteiger partial charge in [-0.25, -0.2) is 17.6 Å². The normalized spacial score (nSPS) is 15.9. The predicted molar refractivity (Wildman–Crippen MR) is 110 cm³/mol. The van der Waals surface area contributed by atoms with Crippen molar-refractivity contribution < 1.29 is 17.6 Å². The number of rotatable bonds is 5. The number of nitrogens with zero attached hydrogens (tertiary/aromatic N) is 2. The lowest BCUT2D eigenvalue weighted by molar-refractivity contribution is 0.170. The minimum absolute atomic E-state index is 0.237. The lowest BCUT2D eigenvalue weighted by atomic mass is 9.84. The van der Waals surface area contributed by atoms with Crippen molar-refractivity contribution in [2.75, 3.05) is 32.7 Å². The summed E-state index contributed by atoms with van der Waals surface area (Å²) >= 11 is 0. The molecule has 1 aliphatic heterocycles. The third kappa shape index (κ3) is 4.76. The monoisotopic (exact) mass is 419 g/mol. The molecule has 0 saturated carbocycles. The third-order valence-electron chi connectivity index (χ3n) is 5.19. The van der Waals surface area contributed by atoms with Gasteiger partial charge >= 0.3 is 6.03 Å². The van der Waals surface area contributed by atoms with E-state index in [1.54, 1.807) is 53.4 Å². The van der Waals surface area contributed by atoms with E-state index in [1.807, 2.05) is 13.8 Å². The van der Waals surface area contributed by atoms with Crippen molar-refractivity contribution in [3.63, 3.8) is 0 Å². The second kappa shape index (κ2) is 8.51. The van der Waals surface area contributed by atoms with Crippen LogP contribution in [0.5, 0.6) is 0 Å². The highest BCUT2D eigenvalue weighted by molar-refractivity contribution is 7.89. The lowest BCUT2D eigenvalue weighted by Gasteiger charge is -2.35. The fourth-order valence-electron chi connectivity index (χ4n) is 3.39. The van der Waals surface area contributed by atoms with E-state index >= 15 is 0 Å². The molecule has 1 fully saturated rings. The number of sulfonamides is 1. The number of carbonyl (C=O) groups is 1. The number of benzene rings is 2. The highest BCUT2D eigenvalue weighted by atomic mass is 32.2. The first-order valence-electron chi connectivity index (χ1n) is 9.55. The molecule has 0 spiro atoms. The Morgan fingerprint density at radius 1 is 1.00 bits per heavy atom. The molecule has 2 aromatic carbocycles. The van der Waals surface area contributed by atoms with Gasteiger partial charge in [-0.1, -0.05) is 50.2 Å². The molecule has 1 heterocycles. The largest absolute Gasteiger partial charge is 0.337 e. The van der Waals surface area contributed by atoms with Crippen LogP contribution >= 0.6 is 0 Å². The molecule has 1 saturated heterocycles. The molecule has 1 aliphatic rings. The third-order valence-corrected chi connectivity index (χ3v) is 7.10. The van der Waals surface area contributed by atoms with Crippen molar-refractivity contribution in [1.82, 2.24) is 14.5 Å². The van der Waals surface area contributed by atoms with Crippen LogP contribution in [0.3, 0.4) is 0 Å². The molecular formula is C21H26FN3O3S. The van der Waals surface area contributed by atoms with Gasteiger partial charge < -0.3 is 10.2 Å². The molecule has 2 amide bonds. The van der Waals surface area contributed by atoms with Crippen LogP contribution in [0.1, 0.15) is 19.4 Å². The minimum atomic E-state index is -3.55. The maximum Gasteiger partial charge on any atom is 0.317 e. The molecule has 8 heteroatoms. The lowest BCUT2D eigenvalue weighted by Crippen LogP contribution is -2.54. The van der Waals surface area contributed by atoms with Gasteiger partial charge in [0.25, 0.3) is 0 Å². The van der Waals surface area contributed by atoms with Crippen molar-refractivity contribution in [1.29, 1.82) is 0 Å². The Hall–Kier alpha value is -2.45. The topological polar surface area (TPSA) is 69.7 Å². The van der Waals surface area contributed by atoms with Crippen LogP contribution in [0.2, 0.25) is 0 Å². The number of amides is 2. The van der Waals surface area contributed by atoms with Gasteiger partial charge in [-0.05, 0) is 23.8 Å². The van der Waals surface area contributed by atoms with E-state index in [2.05, 4.69) is 5.32 Å². The highest BCUT2D eigenvalue weighted by Gasteiger charge is 2.31. The van der Waals surface area contributed by atoms with Crippen LogP contribution in [-0.4, -0.2) is 56.4 Å². The summed E-state index contributed by atoms with van der Waals surface area (Å²) in [5.41, 5.74) is -0.0292. The number of carbonyl (C=O) groups excluding carboxylic acids is 1. The molecule has 0 bridgehead atoms. The van der Waals surface area contributed by atoms with Crippen LogP contribution in [-0.2, 0) is 15.4 Å². The van der Waals surface area contributed by atoms with Gasteiger partial charge in [-0.2, -0.15) is 4.31 Å². The zero-order valence-electron chi connectivity index (χ0n) is 16.6. The quantitative estimate of drug-likeness (QED) is 0.810. The zero-order valence-corrected chi connectivity index (χ0v) is 17.5. The second-order valence-electron chi connectivity index (χ2n) is 7.73. The van der Waals surface area contributed by atoms with Gasteiger partial charge in [0.15, 0.2) is 0 Å². The summed E-state index contributed by atoms with van der Waals surface area (Å²) in [4.78, 5) is 14.4. The molecule has 0 aromatic heterocycles. The van der Waals surface area contributed by atoms with Gasteiger partial charge in [0.2, 0.25) is 10.0 Å². The van der Waals surface area contributed by atoms with Gasteiger partial charge in [-0.15, -0.1) is 0 Å². The van der Waals surface area contributed by atoms with Gasteiger partial charge in [0.1, 0.15) is 5.82 Å². The maximum absolute atomic E-state index is 14.1. The molecular weight excluding hydrogens is 393 g/mol. The SMILES string of the molecule is CC(C)(CNC(=O)N1CCN(S(=O)(=O)c2ccccc2)CC1)c1ccccc1F. The first-order chi connectivity index (χ1) is 13.7. The van der Waals surface area contributed by atoms with E-state index in [1.165, 1.54) is 10.4 Å². The van der Waals surface area contributed by atoms with E-state index in [4.69, 9.17) is 0 Å². The van der Waals surface area contributed by atoms with Gasteiger partial charge in [0.05, 0.1) is 4.90 Å². The minimum Gasteiger partial charge on any atom is -0.337 e. The van der Waals surface area contributed by atoms with Crippen LogP contribution < -0.4 is 5.32 Å². The molecule has 3 rings (SSSR count). The summed E-state index contributed by atoms with van der Waals surface area (Å²) in [6.07, 6.45) is 0. The maximum atomic E-state index is 14.1.